The van der Waals surface area contributed by atoms with Gasteiger partial charge in [0.2, 0.25) is 0 Å². The third kappa shape index (κ3) is 15.2. The normalized spacial score (nSPS) is 8.75. The number of rotatable bonds is 0. The van der Waals surface area contributed by atoms with E-state index >= 15 is 0 Å². The molecular weight excluding hydrogens is 135 g/mol. The first-order chi connectivity index (χ1) is 1.73. The molecule has 0 spiro atoms. The van der Waals surface area contributed by atoms with E-state index in [9.17, 15) is 0 Å². The SMILES string of the molecule is C[Se](C)=S. The molecule has 0 aliphatic heterocycles. The van der Waals surface area contributed by atoms with Crippen molar-refractivity contribution in [1.29, 1.82) is 0 Å². The van der Waals surface area contributed by atoms with Gasteiger partial charge in [-0.15, -0.1) is 0 Å². The van der Waals surface area contributed by atoms with Crippen LogP contribution in [0.3, 0.4) is 0 Å². The Bertz CT molecular complexity index is 29.0. The second-order valence-electron chi connectivity index (χ2n) is 0.742. The molecule has 0 fully saturated rings. The molecule has 4 heavy (non-hydrogen) atoms. The van der Waals surface area contributed by atoms with Crippen LogP contribution in [-0.2, 0) is 0 Å². The van der Waals surface area contributed by atoms with Crippen LogP contribution in [0, 0.1) is 0 Å². The van der Waals surface area contributed by atoms with Crippen LogP contribution in [-0.4, -0.2) is 12.3 Å². The number of hydrogen-bond donors (Lipinski definition) is 0. The molecule has 2 heteroatoms. The van der Waals surface area contributed by atoms with Gasteiger partial charge < -0.3 is 0 Å². The molecule has 0 unspecified atom stereocenters. The van der Waals surface area contributed by atoms with Gasteiger partial charge in [0.25, 0.3) is 0 Å². The Morgan fingerprint density at radius 2 is 1.50 bits per heavy atom. The van der Waals surface area contributed by atoms with Gasteiger partial charge in [0, 0.05) is 0 Å². The van der Waals surface area contributed by atoms with Crippen molar-refractivity contribution < 1.29 is 0 Å². The maximum absolute atomic E-state index is 4.75. The van der Waals surface area contributed by atoms with E-state index in [1.54, 1.807) is 0 Å². The first-order valence-electron chi connectivity index (χ1n) is 0.983. The molecule has 26 valence electrons. The average Bonchev–Trinajstić information content (AvgIpc) is 0.811. The third-order valence-electron chi connectivity index (χ3n) is 0. The Kier molecular flexibility index (Phi) is 2.38. The van der Waals surface area contributed by atoms with Crippen molar-refractivity contribution in [2.24, 2.45) is 0 Å². The first-order valence-corrected chi connectivity index (χ1v) is 6.84. The average molecular weight is 141 g/mol. The molecule has 0 aromatic rings. The Balaban J connectivity index is 2.80. The zero-order valence-corrected chi connectivity index (χ0v) is 5.35. The van der Waals surface area contributed by atoms with Crippen LogP contribution >= 0.6 is 10.6 Å². The molecule has 0 nitrogen and oxygen atoms in total. The molecule has 0 saturated heterocycles. The molecule has 0 aliphatic carbocycles. The second-order valence-corrected chi connectivity index (χ2v) is 7.32. The molecule has 0 heterocycles. The monoisotopic (exact) mass is 142 g/mol. The summed E-state index contributed by atoms with van der Waals surface area (Å²) in [4.78, 5) is 0. The van der Waals surface area contributed by atoms with Crippen LogP contribution in [0.5, 0.6) is 0 Å². The predicted octanol–water partition coefficient (Wildman–Crippen LogP) is 1.43. The van der Waals surface area contributed by atoms with Crippen molar-refractivity contribution in [1.82, 2.24) is 0 Å². The summed E-state index contributed by atoms with van der Waals surface area (Å²) in [6.45, 7) is 0. The van der Waals surface area contributed by atoms with Crippen molar-refractivity contribution in [3.63, 3.8) is 0 Å². The van der Waals surface area contributed by atoms with Gasteiger partial charge in [-0.2, -0.15) is 0 Å². The van der Waals surface area contributed by atoms with Crippen LogP contribution in [0.2, 0.25) is 11.6 Å². The van der Waals surface area contributed by atoms with E-state index in [1.807, 2.05) is 0 Å². The topological polar surface area (TPSA) is 0 Å². The Morgan fingerprint density at radius 1 is 1.50 bits per heavy atom. The van der Waals surface area contributed by atoms with E-state index in [2.05, 4.69) is 11.6 Å². The van der Waals surface area contributed by atoms with Gasteiger partial charge >= 0.3 is 34.5 Å². The van der Waals surface area contributed by atoms with Gasteiger partial charge in [-0.3, -0.25) is 0 Å². The van der Waals surface area contributed by atoms with Crippen LogP contribution < -0.4 is 0 Å². The van der Waals surface area contributed by atoms with E-state index in [0.717, 1.165) is 0 Å². The molecule has 0 aromatic carbocycles. The molecule has 0 bridgehead atoms. The zero-order valence-electron chi connectivity index (χ0n) is 2.82. The van der Waals surface area contributed by atoms with Gasteiger partial charge in [0.05, 0.1) is 0 Å². The fourth-order valence-electron chi connectivity index (χ4n) is 0. The van der Waals surface area contributed by atoms with Crippen molar-refractivity contribution in [3.8, 4) is 0 Å². The van der Waals surface area contributed by atoms with Gasteiger partial charge in [-0.25, -0.2) is 0 Å². The molecule has 0 radical (unpaired) electrons. The molecule has 0 amide bonds. The van der Waals surface area contributed by atoms with Crippen molar-refractivity contribution in [2.75, 3.05) is 0 Å². The third-order valence-corrected chi connectivity index (χ3v) is 0. The van der Waals surface area contributed by atoms with Crippen LogP contribution in [0.1, 0.15) is 0 Å². The quantitative estimate of drug-likeness (QED) is 0.460. The standard InChI is InChI=1S/C2H6SSe/c1-4(2)3/h1-2H3. The van der Waals surface area contributed by atoms with E-state index in [-0.39, 0.29) is 0 Å². The van der Waals surface area contributed by atoms with Crippen molar-refractivity contribution in [2.45, 2.75) is 11.6 Å². The molecule has 0 atom stereocenters. The van der Waals surface area contributed by atoms with E-state index in [0.29, 0.717) is 0 Å². The maximum atomic E-state index is 4.75. The Labute approximate surface area is 34.9 Å². The summed E-state index contributed by atoms with van der Waals surface area (Å²) in [5, 5.41) is 0. The summed E-state index contributed by atoms with van der Waals surface area (Å²) in [5.74, 6) is 4.21. The van der Waals surface area contributed by atoms with E-state index in [4.69, 9.17) is 10.6 Å². The fraction of sp³-hybridized carbons (Fsp3) is 1.00. The fourth-order valence-corrected chi connectivity index (χ4v) is 0. The predicted molar refractivity (Wildman–Crippen MR) is 25.1 cm³/mol. The number of hydrogen-bond acceptors (Lipinski definition) is 1. The second kappa shape index (κ2) is 2.01. The van der Waals surface area contributed by atoms with Gasteiger partial charge in [0.15, 0.2) is 0 Å². The molecule has 0 aromatic heterocycles. The molecule has 0 rings (SSSR count). The summed E-state index contributed by atoms with van der Waals surface area (Å²) < 4.78 is 0. The summed E-state index contributed by atoms with van der Waals surface area (Å²) >= 11 is -0.458. The summed E-state index contributed by atoms with van der Waals surface area (Å²) in [6, 6.07) is 0. The molecule has 0 saturated carbocycles. The Morgan fingerprint density at radius 3 is 1.50 bits per heavy atom. The van der Waals surface area contributed by atoms with Gasteiger partial charge in [0.1, 0.15) is 0 Å². The van der Waals surface area contributed by atoms with Crippen LogP contribution in [0.4, 0.5) is 0 Å². The summed E-state index contributed by atoms with van der Waals surface area (Å²) in [5.41, 5.74) is 0. The molecule has 0 aliphatic rings. The van der Waals surface area contributed by atoms with Gasteiger partial charge in [-0.05, 0) is 0 Å². The van der Waals surface area contributed by atoms with Crippen LogP contribution in [0.15, 0.2) is 0 Å². The van der Waals surface area contributed by atoms with E-state index in [1.165, 1.54) is 0 Å². The molecular formula is C2H6SSe. The summed E-state index contributed by atoms with van der Waals surface area (Å²) in [7, 11) is 4.75. The van der Waals surface area contributed by atoms with Crippen molar-refractivity contribution in [3.05, 3.63) is 0 Å². The zero-order chi connectivity index (χ0) is 3.58. The minimum absolute atomic E-state index is 0.458. The van der Waals surface area contributed by atoms with Crippen LogP contribution in [0.25, 0.3) is 0 Å². The first kappa shape index (κ1) is 4.74. The van der Waals surface area contributed by atoms with E-state index < -0.39 is 12.3 Å². The Hall–Kier alpha value is 0.739. The van der Waals surface area contributed by atoms with Gasteiger partial charge in [-0.1, -0.05) is 0 Å². The molecule has 0 N–H and O–H groups in total. The summed E-state index contributed by atoms with van der Waals surface area (Å²) in [6.07, 6.45) is 0. The minimum atomic E-state index is -0.458. The van der Waals surface area contributed by atoms with Crippen molar-refractivity contribution >= 4 is 22.8 Å².